The summed E-state index contributed by atoms with van der Waals surface area (Å²) in [6, 6.07) is 0.424. The minimum absolute atomic E-state index is 0.360. The summed E-state index contributed by atoms with van der Waals surface area (Å²) in [5, 5.41) is 0. The van der Waals surface area contributed by atoms with E-state index in [1.807, 2.05) is 13.8 Å². The quantitative estimate of drug-likeness (QED) is 0.643. The summed E-state index contributed by atoms with van der Waals surface area (Å²) < 4.78 is 0. The molecule has 1 fully saturated rings. The molecular formula is C15H33N. The molecule has 0 amide bonds. The van der Waals surface area contributed by atoms with Gasteiger partial charge < -0.3 is 5.73 Å². The summed E-state index contributed by atoms with van der Waals surface area (Å²) in [6.45, 7) is 18.2. The Labute approximate surface area is 103 Å². The van der Waals surface area contributed by atoms with Crippen molar-refractivity contribution in [2.75, 3.05) is 0 Å². The summed E-state index contributed by atoms with van der Waals surface area (Å²) in [6.07, 6.45) is 3.69. The van der Waals surface area contributed by atoms with Gasteiger partial charge in [0.15, 0.2) is 0 Å². The van der Waals surface area contributed by atoms with Crippen LogP contribution in [0.3, 0.4) is 0 Å². The van der Waals surface area contributed by atoms with Gasteiger partial charge in [-0.05, 0) is 35.5 Å². The van der Waals surface area contributed by atoms with E-state index >= 15 is 0 Å². The SMILES string of the molecule is CC.CC(C)(C)C1(C(C)(C)C)CCC(N)C1. The molecule has 98 valence electrons. The number of rotatable bonds is 0. The van der Waals surface area contributed by atoms with Gasteiger partial charge in [0.25, 0.3) is 0 Å². The van der Waals surface area contributed by atoms with Gasteiger partial charge in [-0.2, -0.15) is 0 Å². The molecule has 0 aliphatic heterocycles. The van der Waals surface area contributed by atoms with Crippen LogP contribution in [0.25, 0.3) is 0 Å². The van der Waals surface area contributed by atoms with Crippen molar-refractivity contribution in [3.8, 4) is 0 Å². The highest BCUT2D eigenvalue weighted by atomic mass is 14.7. The lowest BCUT2D eigenvalue weighted by Crippen LogP contribution is -2.45. The van der Waals surface area contributed by atoms with Crippen LogP contribution in [0.2, 0.25) is 0 Å². The maximum Gasteiger partial charge on any atom is 0.00447 e. The highest BCUT2D eigenvalue weighted by Gasteiger charge is 2.53. The van der Waals surface area contributed by atoms with E-state index in [2.05, 4.69) is 41.5 Å². The summed E-state index contributed by atoms with van der Waals surface area (Å²) >= 11 is 0. The largest absolute Gasteiger partial charge is 0.328 e. The maximum absolute atomic E-state index is 6.10. The smallest absolute Gasteiger partial charge is 0.00447 e. The summed E-state index contributed by atoms with van der Waals surface area (Å²) in [5.74, 6) is 0. The van der Waals surface area contributed by atoms with E-state index in [-0.39, 0.29) is 0 Å². The van der Waals surface area contributed by atoms with Crippen LogP contribution in [0.5, 0.6) is 0 Å². The minimum Gasteiger partial charge on any atom is -0.328 e. The molecule has 1 rings (SSSR count). The molecule has 1 atom stereocenters. The van der Waals surface area contributed by atoms with Gasteiger partial charge in [-0.25, -0.2) is 0 Å². The third kappa shape index (κ3) is 2.80. The lowest BCUT2D eigenvalue weighted by molar-refractivity contribution is -0.0265. The van der Waals surface area contributed by atoms with Crippen molar-refractivity contribution in [1.29, 1.82) is 0 Å². The minimum atomic E-state index is 0.360. The van der Waals surface area contributed by atoms with E-state index in [4.69, 9.17) is 5.73 Å². The Bertz CT molecular complexity index is 190. The number of nitrogens with two attached hydrogens (primary N) is 1. The van der Waals surface area contributed by atoms with Crippen LogP contribution in [0.15, 0.2) is 0 Å². The van der Waals surface area contributed by atoms with Crippen molar-refractivity contribution in [3.05, 3.63) is 0 Å². The van der Waals surface area contributed by atoms with Gasteiger partial charge in [-0.15, -0.1) is 0 Å². The van der Waals surface area contributed by atoms with Crippen molar-refractivity contribution in [1.82, 2.24) is 0 Å². The molecule has 1 unspecified atom stereocenters. The first kappa shape index (κ1) is 16.0. The molecule has 0 aromatic rings. The van der Waals surface area contributed by atoms with Crippen molar-refractivity contribution >= 4 is 0 Å². The predicted molar refractivity (Wildman–Crippen MR) is 74.5 cm³/mol. The fourth-order valence-electron chi connectivity index (χ4n) is 3.57. The van der Waals surface area contributed by atoms with Crippen LogP contribution >= 0.6 is 0 Å². The Morgan fingerprint density at radius 3 is 1.44 bits per heavy atom. The molecule has 0 radical (unpaired) electrons. The first-order valence-corrected chi connectivity index (χ1v) is 6.86. The Balaban J connectivity index is 0.00000106. The summed E-state index contributed by atoms with van der Waals surface area (Å²) in [4.78, 5) is 0. The van der Waals surface area contributed by atoms with Gasteiger partial charge in [-0.3, -0.25) is 0 Å². The molecule has 0 bridgehead atoms. The first-order chi connectivity index (χ1) is 7.10. The van der Waals surface area contributed by atoms with Gasteiger partial charge in [0, 0.05) is 6.04 Å². The highest BCUT2D eigenvalue weighted by Crippen LogP contribution is 2.60. The van der Waals surface area contributed by atoms with Crippen molar-refractivity contribution in [2.24, 2.45) is 22.0 Å². The van der Waals surface area contributed by atoms with Crippen molar-refractivity contribution in [3.63, 3.8) is 0 Å². The zero-order valence-electron chi connectivity index (χ0n) is 12.8. The Hall–Kier alpha value is -0.0400. The maximum atomic E-state index is 6.10. The highest BCUT2D eigenvalue weighted by molar-refractivity contribution is 5.04. The molecule has 0 spiro atoms. The van der Waals surface area contributed by atoms with Gasteiger partial charge in [-0.1, -0.05) is 55.4 Å². The molecule has 0 aromatic carbocycles. The Morgan fingerprint density at radius 2 is 1.31 bits per heavy atom. The normalized spacial score (nSPS) is 24.9. The second-order valence-electron chi connectivity index (χ2n) is 7.08. The van der Waals surface area contributed by atoms with Gasteiger partial charge in [0.05, 0.1) is 0 Å². The molecule has 1 heteroatoms. The standard InChI is InChI=1S/C13H27N.C2H6/c1-11(2,3)13(12(4,5)6)8-7-10(14)9-13;1-2/h10H,7-9,14H2,1-6H3;1-2H3. The molecule has 1 nitrogen and oxygen atoms in total. The van der Waals surface area contributed by atoms with Gasteiger partial charge in [0.1, 0.15) is 0 Å². The fraction of sp³-hybridized carbons (Fsp3) is 1.00. The first-order valence-electron chi connectivity index (χ1n) is 6.86. The van der Waals surface area contributed by atoms with Gasteiger partial charge >= 0.3 is 0 Å². The zero-order valence-corrected chi connectivity index (χ0v) is 12.8. The second kappa shape index (κ2) is 5.08. The summed E-state index contributed by atoms with van der Waals surface area (Å²) in [5.41, 5.74) is 7.24. The third-order valence-electron chi connectivity index (χ3n) is 4.42. The Morgan fingerprint density at radius 1 is 0.938 bits per heavy atom. The monoisotopic (exact) mass is 227 g/mol. The molecule has 0 aromatic heterocycles. The number of hydrogen-bond acceptors (Lipinski definition) is 1. The number of hydrogen-bond donors (Lipinski definition) is 1. The topological polar surface area (TPSA) is 26.0 Å². The van der Waals surface area contributed by atoms with Crippen LogP contribution < -0.4 is 5.73 Å². The van der Waals surface area contributed by atoms with Crippen LogP contribution in [-0.2, 0) is 0 Å². The molecule has 0 heterocycles. The van der Waals surface area contributed by atoms with E-state index in [1.165, 1.54) is 19.3 Å². The van der Waals surface area contributed by atoms with Crippen LogP contribution in [0.4, 0.5) is 0 Å². The van der Waals surface area contributed by atoms with Crippen molar-refractivity contribution in [2.45, 2.75) is 80.7 Å². The molecular weight excluding hydrogens is 194 g/mol. The third-order valence-corrected chi connectivity index (χ3v) is 4.42. The van der Waals surface area contributed by atoms with E-state index in [9.17, 15) is 0 Å². The molecule has 2 N–H and O–H groups in total. The average molecular weight is 227 g/mol. The second-order valence-corrected chi connectivity index (χ2v) is 7.08. The molecule has 1 aliphatic rings. The molecule has 1 aliphatic carbocycles. The van der Waals surface area contributed by atoms with E-state index in [1.54, 1.807) is 0 Å². The molecule has 1 saturated carbocycles. The molecule has 16 heavy (non-hydrogen) atoms. The van der Waals surface area contributed by atoms with Crippen LogP contribution in [0, 0.1) is 16.2 Å². The Kier molecular flexibility index (Phi) is 5.07. The lowest BCUT2D eigenvalue weighted by Gasteiger charge is -2.52. The van der Waals surface area contributed by atoms with Gasteiger partial charge in [0.2, 0.25) is 0 Å². The van der Waals surface area contributed by atoms with Crippen molar-refractivity contribution < 1.29 is 0 Å². The van der Waals surface area contributed by atoms with Crippen LogP contribution in [-0.4, -0.2) is 6.04 Å². The van der Waals surface area contributed by atoms with E-state index in [0.29, 0.717) is 22.3 Å². The van der Waals surface area contributed by atoms with E-state index < -0.39 is 0 Å². The van der Waals surface area contributed by atoms with E-state index in [0.717, 1.165) is 0 Å². The fourth-order valence-corrected chi connectivity index (χ4v) is 3.57. The average Bonchev–Trinajstić information content (AvgIpc) is 2.50. The molecule has 0 saturated heterocycles. The summed E-state index contributed by atoms with van der Waals surface area (Å²) in [7, 11) is 0. The lowest BCUT2D eigenvalue weighted by atomic mass is 9.53. The van der Waals surface area contributed by atoms with Crippen LogP contribution in [0.1, 0.15) is 74.7 Å². The zero-order chi connectivity index (χ0) is 13.2. The predicted octanol–water partition coefficient (Wildman–Crippen LogP) is 4.60.